The molecule has 0 aromatic heterocycles. The fourth-order valence-electron chi connectivity index (χ4n) is 2.72. The Balaban J connectivity index is 2.28. The molecule has 0 radical (unpaired) electrons. The number of anilines is 1. The van der Waals surface area contributed by atoms with Crippen LogP contribution in [0.3, 0.4) is 0 Å². The summed E-state index contributed by atoms with van der Waals surface area (Å²) in [6.07, 6.45) is 0. The van der Waals surface area contributed by atoms with Crippen LogP contribution in [0.4, 0.5) is 5.69 Å². The monoisotopic (exact) mass is 265 g/mol. The minimum Gasteiger partial charge on any atom is -0.377 e. The van der Waals surface area contributed by atoms with E-state index in [1.165, 1.54) is 0 Å². The molecule has 0 amide bonds. The molecule has 2 aromatic rings. The van der Waals surface area contributed by atoms with E-state index in [9.17, 15) is 9.59 Å². The highest BCUT2D eigenvalue weighted by molar-refractivity contribution is 6.28. The number of fused-ring (bicyclic) bond motifs is 2. The van der Waals surface area contributed by atoms with Crippen LogP contribution in [0, 0.1) is 6.92 Å². The molecule has 0 heterocycles. The average Bonchev–Trinajstić information content (AvgIpc) is 2.44. The van der Waals surface area contributed by atoms with Gasteiger partial charge in [0.2, 0.25) is 0 Å². The van der Waals surface area contributed by atoms with E-state index in [-0.39, 0.29) is 11.6 Å². The number of hydrogen-bond acceptors (Lipinski definition) is 3. The molecule has 1 aliphatic carbocycles. The first-order valence-corrected chi connectivity index (χ1v) is 6.51. The summed E-state index contributed by atoms with van der Waals surface area (Å²) in [5.41, 5.74) is 3.97. The van der Waals surface area contributed by atoms with Crippen LogP contribution in [-0.4, -0.2) is 25.7 Å². The van der Waals surface area contributed by atoms with Crippen LogP contribution in [0.25, 0.3) is 0 Å². The molecule has 0 spiro atoms. The second kappa shape index (κ2) is 4.30. The SMILES string of the molecule is Cc1cc2c(cc1N(C)C)C(=O)c1ccccc1C2=O. The summed E-state index contributed by atoms with van der Waals surface area (Å²) in [5.74, 6) is -0.137. The van der Waals surface area contributed by atoms with Crippen LogP contribution >= 0.6 is 0 Å². The smallest absolute Gasteiger partial charge is 0.194 e. The Morgan fingerprint density at radius 3 is 1.80 bits per heavy atom. The van der Waals surface area contributed by atoms with Gasteiger partial charge in [0.25, 0.3) is 0 Å². The van der Waals surface area contributed by atoms with Gasteiger partial charge >= 0.3 is 0 Å². The predicted molar refractivity (Wildman–Crippen MR) is 78.8 cm³/mol. The van der Waals surface area contributed by atoms with Crippen molar-refractivity contribution in [2.45, 2.75) is 6.92 Å². The standard InChI is InChI=1S/C17H15NO2/c1-10-8-13-14(9-15(10)18(2)3)17(20)12-7-5-4-6-11(12)16(13)19/h4-9H,1-3H3. The maximum absolute atomic E-state index is 12.6. The first-order chi connectivity index (χ1) is 9.50. The van der Waals surface area contributed by atoms with Gasteiger partial charge in [0.15, 0.2) is 11.6 Å². The van der Waals surface area contributed by atoms with Crippen molar-refractivity contribution < 1.29 is 9.59 Å². The number of carbonyl (C=O) groups is 2. The predicted octanol–water partition coefficient (Wildman–Crippen LogP) is 2.84. The number of ketones is 2. The third-order valence-corrected chi connectivity index (χ3v) is 3.72. The Bertz CT molecular complexity index is 745. The van der Waals surface area contributed by atoms with Crippen LogP contribution < -0.4 is 4.90 Å². The van der Waals surface area contributed by atoms with Crippen molar-refractivity contribution in [2.75, 3.05) is 19.0 Å². The van der Waals surface area contributed by atoms with Crippen LogP contribution in [0.2, 0.25) is 0 Å². The molecule has 0 bridgehead atoms. The van der Waals surface area contributed by atoms with Gasteiger partial charge in [0.1, 0.15) is 0 Å². The molecule has 1 aliphatic rings. The molecule has 3 heteroatoms. The van der Waals surface area contributed by atoms with Crippen molar-refractivity contribution in [3.05, 3.63) is 64.2 Å². The van der Waals surface area contributed by atoms with Crippen molar-refractivity contribution in [3.63, 3.8) is 0 Å². The number of nitrogens with zero attached hydrogens (tertiary/aromatic N) is 1. The zero-order valence-corrected chi connectivity index (χ0v) is 11.7. The van der Waals surface area contributed by atoms with Crippen molar-refractivity contribution in [3.8, 4) is 0 Å². The van der Waals surface area contributed by atoms with Gasteiger partial charge in [-0.25, -0.2) is 0 Å². The van der Waals surface area contributed by atoms with Crippen molar-refractivity contribution in [2.24, 2.45) is 0 Å². The fourth-order valence-corrected chi connectivity index (χ4v) is 2.72. The van der Waals surface area contributed by atoms with Crippen molar-refractivity contribution in [1.82, 2.24) is 0 Å². The third-order valence-electron chi connectivity index (χ3n) is 3.72. The molecule has 0 N–H and O–H groups in total. The van der Waals surface area contributed by atoms with E-state index >= 15 is 0 Å². The van der Waals surface area contributed by atoms with E-state index < -0.39 is 0 Å². The van der Waals surface area contributed by atoms with Crippen LogP contribution in [0.1, 0.15) is 37.4 Å². The maximum atomic E-state index is 12.6. The second-order valence-electron chi connectivity index (χ2n) is 5.28. The average molecular weight is 265 g/mol. The van der Waals surface area contributed by atoms with Gasteiger partial charge in [0.05, 0.1) is 0 Å². The first-order valence-electron chi connectivity index (χ1n) is 6.51. The molecule has 0 saturated heterocycles. The number of rotatable bonds is 1. The highest BCUT2D eigenvalue weighted by atomic mass is 16.1. The molecule has 0 unspecified atom stereocenters. The Morgan fingerprint density at radius 2 is 1.30 bits per heavy atom. The summed E-state index contributed by atoms with van der Waals surface area (Å²) in [7, 11) is 3.86. The highest BCUT2D eigenvalue weighted by Crippen LogP contribution is 2.31. The largest absolute Gasteiger partial charge is 0.377 e. The molecule has 0 aliphatic heterocycles. The number of hydrogen-bond donors (Lipinski definition) is 0. The quantitative estimate of drug-likeness (QED) is 0.679. The third kappa shape index (κ3) is 1.67. The molecular weight excluding hydrogens is 250 g/mol. The van der Waals surface area contributed by atoms with E-state index in [0.29, 0.717) is 22.3 Å². The van der Waals surface area contributed by atoms with Crippen LogP contribution in [-0.2, 0) is 0 Å². The summed E-state index contributed by atoms with van der Waals surface area (Å²) in [6, 6.07) is 10.6. The number of benzene rings is 2. The van der Waals surface area contributed by atoms with Crippen LogP contribution in [0.15, 0.2) is 36.4 Å². The Morgan fingerprint density at radius 1 is 0.800 bits per heavy atom. The van der Waals surface area contributed by atoms with E-state index in [2.05, 4.69) is 0 Å². The Kier molecular flexibility index (Phi) is 2.71. The van der Waals surface area contributed by atoms with Crippen molar-refractivity contribution >= 4 is 17.3 Å². The van der Waals surface area contributed by atoms with Gasteiger partial charge in [-0.15, -0.1) is 0 Å². The normalized spacial score (nSPS) is 12.9. The summed E-state index contributed by atoms with van der Waals surface area (Å²) in [6.45, 7) is 1.95. The lowest BCUT2D eigenvalue weighted by molar-refractivity contribution is 0.0979. The summed E-state index contributed by atoms with van der Waals surface area (Å²) >= 11 is 0. The van der Waals surface area contributed by atoms with Gasteiger partial charge in [-0.05, 0) is 24.6 Å². The lowest BCUT2D eigenvalue weighted by Crippen LogP contribution is -2.22. The topological polar surface area (TPSA) is 37.4 Å². The molecule has 0 atom stereocenters. The highest BCUT2D eigenvalue weighted by Gasteiger charge is 2.30. The van der Waals surface area contributed by atoms with E-state index in [1.54, 1.807) is 24.3 Å². The molecule has 2 aromatic carbocycles. The molecule has 100 valence electrons. The minimum absolute atomic E-state index is 0.0661. The zero-order valence-electron chi connectivity index (χ0n) is 11.7. The van der Waals surface area contributed by atoms with Gasteiger partial charge in [-0.2, -0.15) is 0 Å². The van der Waals surface area contributed by atoms with Gasteiger partial charge in [-0.3, -0.25) is 9.59 Å². The summed E-state index contributed by atoms with van der Waals surface area (Å²) in [4.78, 5) is 27.0. The van der Waals surface area contributed by atoms with Crippen molar-refractivity contribution in [1.29, 1.82) is 0 Å². The summed E-state index contributed by atoms with van der Waals surface area (Å²) < 4.78 is 0. The maximum Gasteiger partial charge on any atom is 0.194 e. The van der Waals surface area contributed by atoms with Crippen LogP contribution in [0.5, 0.6) is 0 Å². The molecule has 20 heavy (non-hydrogen) atoms. The van der Waals surface area contributed by atoms with E-state index in [0.717, 1.165) is 11.3 Å². The number of carbonyl (C=O) groups excluding carboxylic acids is 2. The molecule has 0 fully saturated rings. The number of aryl methyl sites for hydroxylation is 1. The lowest BCUT2D eigenvalue weighted by Gasteiger charge is -2.22. The lowest BCUT2D eigenvalue weighted by atomic mass is 9.83. The zero-order chi connectivity index (χ0) is 14.4. The minimum atomic E-state index is -0.0710. The Labute approximate surface area is 117 Å². The van der Waals surface area contributed by atoms with Gasteiger partial charge in [0, 0.05) is 42.0 Å². The molecule has 0 saturated carbocycles. The first kappa shape index (κ1) is 12.6. The van der Waals surface area contributed by atoms with Gasteiger partial charge < -0.3 is 4.90 Å². The van der Waals surface area contributed by atoms with E-state index in [4.69, 9.17) is 0 Å². The van der Waals surface area contributed by atoms with E-state index in [1.807, 2.05) is 38.1 Å². The second-order valence-corrected chi connectivity index (χ2v) is 5.28. The Hall–Kier alpha value is -2.42. The fraction of sp³-hybridized carbons (Fsp3) is 0.176. The molecule has 3 rings (SSSR count). The molecule has 3 nitrogen and oxygen atoms in total. The molecular formula is C17H15NO2. The summed E-state index contributed by atoms with van der Waals surface area (Å²) in [5, 5.41) is 0. The van der Waals surface area contributed by atoms with Gasteiger partial charge in [-0.1, -0.05) is 24.3 Å².